The highest BCUT2D eigenvalue weighted by Gasteiger charge is 2.42. The molecule has 2 fully saturated rings. The van der Waals surface area contributed by atoms with E-state index >= 15 is 0 Å². The summed E-state index contributed by atoms with van der Waals surface area (Å²) in [7, 11) is 1.65. The third kappa shape index (κ3) is 5.06. The average molecular weight is 378 g/mol. The van der Waals surface area contributed by atoms with E-state index in [2.05, 4.69) is 16.0 Å². The molecule has 6 nitrogen and oxygen atoms in total. The quantitative estimate of drug-likeness (QED) is 0.455. The minimum atomic E-state index is -0.0402. The fourth-order valence-corrected chi connectivity index (χ4v) is 5.04. The summed E-state index contributed by atoms with van der Waals surface area (Å²) in [4.78, 5) is 23.3. The Labute approximate surface area is 158 Å². The average Bonchev–Trinajstić information content (AvgIpc) is 3.19. The molecule has 3 rings (SSSR count). The lowest BCUT2D eigenvalue weighted by molar-refractivity contribution is -0.121. The Bertz CT molecular complexity index is 623. The van der Waals surface area contributed by atoms with Gasteiger partial charge < -0.3 is 20.7 Å². The molecule has 3 amide bonds. The number of unbranched alkanes of at least 4 members (excludes halogenated alkanes) is 1. The van der Waals surface area contributed by atoms with Crippen molar-refractivity contribution in [3.8, 4) is 5.75 Å². The minimum Gasteiger partial charge on any atom is -0.497 e. The van der Waals surface area contributed by atoms with Crippen LogP contribution in [0.25, 0.3) is 0 Å². The van der Waals surface area contributed by atoms with E-state index in [1.165, 1.54) is 5.56 Å². The molecular formula is C19H27N3O3S. The summed E-state index contributed by atoms with van der Waals surface area (Å²) >= 11 is 1.92. The number of carbonyl (C=O) groups excluding carboxylic acids is 2. The Kier molecular flexibility index (Phi) is 6.66. The number of rotatable bonds is 9. The van der Waals surface area contributed by atoms with Crippen molar-refractivity contribution >= 4 is 23.7 Å². The van der Waals surface area contributed by atoms with Gasteiger partial charge in [-0.05, 0) is 37.0 Å². The van der Waals surface area contributed by atoms with Gasteiger partial charge in [0.05, 0.1) is 19.2 Å². The molecular weight excluding hydrogens is 350 g/mol. The summed E-state index contributed by atoms with van der Waals surface area (Å²) in [6.07, 6.45) is 4.35. The molecule has 2 heterocycles. The Morgan fingerprint density at radius 2 is 2.08 bits per heavy atom. The SMILES string of the molecule is COc1ccc(CCNC(=O)CCCC[C@@H]2SC[C@@H]3NC(=O)N[C@@H]32)cc1. The van der Waals surface area contributed by atoms with Crippen molar-refractivity contribution in [2.45, 2.75) is 49.4 Å². The number of fused-ring (bicyclic) bond motifs is 1. The lowest BCUT2D eigenvalue weighted by Crippen LogP contribution is -2.36. The molecule has 1 aromatic carbocycles. The first-order valence-corrected chi connectivity index (χ1v) is 10.3. The number of benzene rings is 1. The highest BCUT2D eigenvalue weighted by molar-refractivity contribution is 8.00. The summed E-state index contributed by atoms with van der Waals surface area (Å²) in [6, 6.07) is 8.41. The van der Waals surface area contributed by atoms with Crippen LogP contribution in [0.4, 0.5) is 4.79 Å². The second-order valence-electron chi connectivity index (χ2n) is 6.82. The van der Waals surface area contributed by atoms with Gasteiger partial charge in [-0.3, -0.25) is 4.79 Å². The van der Waals surface area contributed by atoms with Crippen molar-refractivity contribution < 1.29 is 14.3 Å². The molecule has 2 saturated heterocycles. The fraction of sp³-hybridized carbons (Fsp3) is 0.579. The van der Waals surface area contributed by atoms with Crippen molar-refractivity contribution in [1.82, 2.24) is 16.0 Å². The molecule has 0 spiro atoms. The number of thioether (sulfide) groups is 1. The van der Waals surface area contributed by atoms with E-state index < -0.39 is 0 Å². The topological polar surface area (TPSA) is 79.5 Å². The number of methoxy groups -OCH3 is 1. The van der Waals surface area contributed by atoms with Gasteiger partial charge >= 0.3 is 6.03 Å². The Hall–Kier alpha value is -1.89. The van der Waals surface area contributed by atoms with Crippen LogP contribution in [-0.2, 0) is 11.2 Å². The predicted octanol–water partition coefficient (Wildman–Crippen LogP) is 2.08. The number of hydrogen-bond donors (Lipinski definition) is 3. The monoisotopic (exact) mass is 377 g/mol. The molecule has 142 valence electrons. The summed E-state index contributed by atoms with van der Waals surface area (Å²) in [5.41, 5.74) is 1.19. The van der Waals surface area contributed by atoms with Crippen molar-refractivity contribution in [2.75, 3.05) is 19.4 Å². The second kappa shape index (κ2) is 9.16. The lowest BCUT2D eigenvalue weighted by atomic mass is 10.0. The van der Waals surface area contributed by atoms with Gasteiger partial charge in [-0.25, -0.2) is 4.79 Å². The third-order valence-electron chi connectivity index (χ3n) is 4.98. The van der Waals surface area contributed by atoms with Crippen LogP contribution in [0.3, 0.4) is 0 Å². The molecule has 3 atom stereocenters. The van der Waals surface area contributed by atoms with Gasteiger partial charge in [0.1, 0.15) is 5.75 Å². The number of nitrogens with one attached hydrogen (secondary N) is 3. The third-order valence-corrected chi connectivity index (χ3v) is 6.48. The molecule has 7 heteroatoms. The van der Waals surface area contributed by atoms with E-state index in [0.717, 1.165) is 37.2 Å². The molecule has 0 aliphatic carbocycles. The van der Waals surface area contributed by atoms with E-state index in [-0.39, 0.29) is 24.0 Å². The predicted molar refractivity (Wildman–Crippen MR) is 104 cm³/mol. The van der Waals surface area contributed by atoms with Crippen LogP contribution in [0.2, 0.25) is 0 Å². The molecule has 26 heavy (non-hydrogen) atoms. The van der Waals surface area contributed by atoms with Gasteiger partial charge in [0.15, 0.2) is 0 Å². The molecule has 0 radical (unpaired) electrons. The lowest BCUT2D eigenvalue weighted by Gasteiger charge is -2.16. The van der Waals surface area contributed by atoms with Gasteiger partial charge in [0.25, 0.3) is 0 Å². The van der Waals surface area contributed by atoms with E-state index in [4.69, 9.17) is 4.74 Å². The van der Waals surface area contributed by atoms with E-state index in [0.29, 0.717) is 18.2 Å². The van der Waals surface area contributed by atoms with E-state index in [1.54, 1.807) is 7.11 Å². The van der Waals surface area contributed by atoms with Crippen LogP contribution in [0, 0.1) is 0 Å². The van der Waals surface area contributed by atoms with Crippen molar-refractivity contribution in [2.24, 2.45) is 0 Å². The molecule has 1 aromatic rings. The maximum atomic E-state index is 12.0. The zero-order valence-electron chi connectivity index (χ0n) is 15.1. The fourth-order valence-electron chi connectivity index (χ4n) is 3.50. The van der Waals surface area contributed by atoms with E-state index in [9.17, 15) is 9.59 Å². The van der Waals surface area contributed by atoms with Crippen LogP contribution >= 0.6 is 11.8 Å². The number of amides is 3. The van der Waals surface area contributed by atoms with Gasteiger partial charge in [0, 0.05) is 24.0 Å². The van der Waals surface area contributed by atoms with Crippen molar-refractivity contribution in [3.63, 3.8) is 0 Å². The first kappa shape index (κ1) is 18.9. The number of urea groups is 1. The van der Waals surface area contributed by atoms with Crippen LogP contribution in [0.1, 0.15) is 31.2 Å². The van der Waals surface area contributed by atoms with Gasteiger partial charge in [-0.1, -0.05) is 18.6 Å². The maximum Gasteiger partial charge on any atom is 0.315 e. The molecule has 3 N–H and O–H groups in total. The van der Waals surface area contributed by atoms with Gasteiger partial charge in [0.2, 0.25) is 5.91 Å². The van der Waals surface area contributed by atoms with Crippen LogP contribution < -0.4 is 20.7 Å². The standard InChI is InChI=1S/C19H27N3O3S/c1-25-14-8-6-13(7-9-14)10-11-20-17(23)5-3-2-4-16-18-15(12-26-16)21-19(24)22-18/h6-9,15-16,18H,2-5,10-12H2,1H3,(H,20,23)(H2,21,22,24)/t15-,16-,18-/m0/s1. The van der Waals surface area contributed by atoms with Crippen LogP contribution in [-0.4, -0.2) is 48.7 Å². The van der Waals surface area contributed by atoms with E-state index in [1.807, 2.05) is 36.0 Å². The molecule has 0 unspecified atom stereocenters. The second-order valence-corrected chi connectivity index (χ2v) is 8.09. The number of hydrogen-bond acceptors (Lipinski definition) is 4. The molecule has 0 bridgehead atoms. The highest BCUT2D eigenvalue weighted by atomic mass is 32.2. The summed E-state index contributed by atoms with van der Waals surface area (Å²) in [6.45, 7) is 0.658. The van der Waals surface area contributed by atoms with Gasteiger partial charge in [-0.15, -0.1) is 0 Å². The van der Waals surface area contributed by atoms with Crippen LogP contribution in [0.5, 0.6) is 5.75 Å². The molecule has 0 aromatic heterocycles. The Morgan fingerprint density at radius 1 is 1.27 bits per heavy atom. The normalized spacial score (nSPS) is 23.9. The molecule has 2 aliphatic heterocycles. The Morgan fingerprint density at radius 3 is 2.85 bits per heavy atom. The number of ether oxygens (including phenoxy) is 1. The maximum absolute atomic E-state index is 12.0. The van der Waals surface area contributed by atoms with Gasteiger partial charge in [-0.2, -0.15) is 11.8 Å². The summed E-state index contributed by atoms with van der Waals surface area (Å²) in [5, 5.41) is 9.42. The van der Waals surface area contributed by atoms with Crippen molar-refractivity contribution in [3.05, 3.63) is 29.8 Å². The first-order chi connectivity index (χ1) is 12.7. The highest BCUT2D eigenvalue weighted by Crippen LogP contribution is 2.33. The smallest absolute Gasteiger partial charge is 0.315 e. The zero-order valence-corrected chi connectivity index (χ0v) is 15.9. The zero-order chi connectivity index (χ0) is 18.4. The van der Waals surface area contributed by atoms with Crippen LogP contribution in [0.15, 0.2) is 24.3 Å². The minimum absolute atomic E-state index is 0.0402. The van der Waals surface area contributed by atoms with Crippen molar-refractivity contribution in [1.29, 1.82) is 0 Å². The number of carbonyl (C=O) groups is 2. The molecule has 2 aliphatic rings. The molecule has 0 saturated carbocycles. The first-order valence-electron chi connectivity index (χ1n) is 9.24. The Balaban J connectivity index is 1.25. The largest absolute Gasteiger partial charge is 0.497 e. The summed E-state index contributed by atoms with van der Waals surface area (Å²) < 4.78 is 5.14. The summed E-state index contributed by atoms with van der Waals surface area (Å²) in [5.74, 6) is 1.95.